The number of hydrogen-bond donors (Lipinski definition) is 1. The molecule has 1 aromatic carbocycles. The Morgan fingerprint density at radius 3 is 2.45 bits per heavy atom. The van der Waals surface area contributed by atoms with Gasteiger partial charge in [-0.1, -0.05) is 19.9 Å². The Kier molecular flexibility index (Phi) is 5.57. The van der Waals surface area contributed by atoms with Crippen molar-refractivity contribution in [3.05, 3.63) is 29.3 Å². The Balaban J connectivity index is 3.02. The van der Waals surface area contributed by atoms with Crippen molar-refractivity contribution in [2.45, 2.75) is 46.8 Å². The van der Waals surface area contributed by atoms with Gasteiger partial charge in [-0.05, 0) is 44.4 Å². The van der Waals surface area contributed by atoms with Crippen LogP contribution in [0.3, 0.4) is 0 Å². The molecule has 4 nitrogen and oxygen atoms in total. The molecule has 1 N–H and O–H groups in total. The first kappa shape index (κ1) is 16.5. The summed E-state index contributed by atoms with van der Waals surface area (Å²) < 4.78 is 11.0. The Labute approximate surface area is 120 Å². The van der Waals surface area contributed by atoms with Gasteiger partial charge >= 0.3 is 5.97 Å². The molecule has 0 aliphatic heterocycles. The smallest absolute Gasteiger partial charge is 0.342 e. The van der Waals surface area contributed by atoms with Crippen LogP contribution in [0.2, 0.25) is 0 Å². The molecule has 0 heterocycles. The van der Waals surface area contributed by atoms with Crippen LogP contribution >= 0.6 is 0 Å². The average Bonchev–Trinajstić information content (AvgIpc) is 2.34. The Morgan fingerprint density at radius 1 is 1.30 bits per heavy atom. The van der Waals surface area contributed by atoms with Crippen LogP contribution in [0.5, 0.6) is 5.75 Å². The largest absolute Gasteiger partial charge is 0.492 e. The molecular weight excluding hydrogens is 256 g/mol. The van der Waals surface area contributed by atoms with Crippen molar-refractivity contribution in [2.24, 2.45) is 5.92 Å². The quantitative estimate of drug-likeness (QED) is 0.842. The number of aliphatic hydroxyl groups excluding tert-OH is 1. The monoisotopic (exact) mass is 280 g/mol. The number of benzene rings is 1. The molecule has 0 saturated carbocycles. The second kappa shape index (κ2) is 6.75. The summed E-state index contributed by atoms with van der Waals surface area (Å²) in [5.74, 6) is 0.413. The lowest BCUT2D eigenvalue weighted by Gasteiger charge is -2.21. The minimum Gasteiger partial charge on any atom is -0.492 e. The van der Waals surface area contributed by atoms with Gasteiger partial charge in [-0.15, -0.1) is 0 Å². The number of aliphatic hydroxyl groups is 1. The summed E-state index contributed by atoms with van der Waals surface area (Å²) in [6.45, 7) is 9.92. The van der Waals surface area contributed by atoms with Gasteiger partial charge in [0.2, 0.25) is 0 Å². The average molecular weight is 280 g/mol. The van der Waals surface area contributed by atoms with E-state index in [1.807, 2.05) is 34.6 Å². The van der Waals surface area contributed by atoms with Crippen molar-refractivity contribution in [1.29, 1.82) is 0 Å². The van der Waals surface area contributed by atoms with Gasteiger partial charge < -0.3 is 14.6 Å². The van der Waals surface area contributed by atoms with E-state index in [1.165, 1.54) is 0 Å². The number of esters is 1. The van der Waals surface area contributed by atoms with E-state index >= 15 is 0 Å². The zero-order valence-corrected chi connectivity index (χ0v) is 12.9. The van der Waals surface area contributed by atoms with Gasteiger partial charge in [0.25, 0.3) is 0 Å². The van der Waals surface area contributed by atoms with E-state index < -0.39 is 11.6 Å². The van der Waals surface area contributed by atoms with Crippen molar-refractivity contribution in [3.63, 3.8) is 0 Å². The SMILES string of the molecule is CC(C)COc1ccc(CO)cc1C(=O)OC(C)(C)C. The number of rotatable bonds is 5. The van der Waals surface area contributed by atoms with E-state index in [4.69, 9.17) is 9.47 Å². The normalized spacial score (nSPS) is 11.6. The molecule has 0 fully saturated rings. The molecule has 0 aromatic heterocycles. The highest BCUT2D eigenvalue weighted by atomic mass is 16.6. The fraction of sp³-hybridized carbons (Fsp3) is 0.562. The second-order valence-electron chi connectivity index (χ2n) is 6.20. The first-order valence-electron chi connectivity index (χ1n) is 6.83. The van der Waals surface area contributed by atoms with E-state index in [-0.39, 0.29) is 6.61 Å². The van der Waals surface area contributed by atoms with E-state index in [2.05, 4.69) is 0 Å². The fourth-order valence-electron chi connectivity index (χ4n) is 1.55. The lowest BCUT2D eigenvalue weighted by Crippen LogP contribution is -2.24. The van der Waals surface area contributed by atoms with Crippen molar-refractivity contribution >= 4 is 5.97 Å². The lowest BCUT2D eigenvalue weighted by molar-refractivity contribution is 0.00652. The zero-order valence-electron chi connectivity index (χ0n) is 12.9. The third-order valence-electron chi connectivity index (χ3n) is 2.42. The molecule has 0 spiro atoms. The molecule has 0 aliphatic rings. The lowest BCUT2D eigenvalue weighted by atomic mass is 10.1. The molecule has 1 rings (SSSR count). The molecule has 4 heteroatoms. The maximum Gasteiger partial charge on any atom is 0.342 e. The molecular formula is C16H24O4. The van der Waals surface area contributed by atoms with Crippen LogP contribution in [0.4, 0.5) is 0 Å². The standard InChI is InChI=1S/C16H24O4/c1-11(2)10-19-14-7-6-12(9-17)8-13(14)15(18)20-16(3,4)5/h6-8,11,17H,9-10H2,1-5H3. The Bertz CT molecular complexity index is 458. The molecule has 0 aliphatic carbocycles. The van der Waals surface area contributed by atoms with Gasteiger partial charge in [-0.3, -0.25) is 0 Å². The number of hydrogen-bond acceptors (Lipinski definition) is 4. The van der Waals surface area contributed by atoms with E-state index in [1.54, 1.807) is 18.2 Å². The van der Waals surface area contributed by atoms with Crippen molar-refractivity contribution in [3.8, 4) is 5.75 Å². The molecule has 0 unspecified atom stereocenters. The van der Waals surface area contributed by atoms with Crippen LogP contribution in [0.15, 0.2) is 18.2 Å². The van der Waals surface area contributed by atoms with Gasteiger partial charge in [0.1, 0.15) is 16.9 Å². The van der Waals surface area contributed by atoms with Gasteiger partial charge in [-0.2, -0.15) is 0 Å². The van der Waals surface area contributed by atoms with Crippen molar-refractivity contribution < 1.29 is 19.4 Å². The number of ether oxygens (including phenoxy) is 2. The highest BCUT2D eigenvalue weighted by Gasteiger charge is 2.21. The van der Waals surface area contributed by atoms with E-state index in [9.17, 15) is 9.90 Å². The van der Waals surface area contributed by atoms with Crippen LogP contribution < -0.4 is 4.74 Å². The molecule has 0 amide bonds. The maximum absolute atomic E-state index is 12.2. The summed E-state index contributed by atoms with van der Waals surface area (Å²) in [5.41, 5.74) is 0.441. The fourth-order valence-corrected chi connectivity index (χ4v) is 1.55. The van der Waals surface area contributed by atoms with Gasteiger partial charge in [0.05, 0.1) is 13.2 Å². The van der Waals surface area contributed by atoms with Gasteiger partial charge in [-0.25, -0.2) is 4.79 Å². The van der Waals surface area contributed by atoms with Crippen molar-refractivity contribution in [2.75, 3.05) is 6.61 Å². The molecule has 0 bridgehead atoms. The van der Waals surface area contributed by atoms with Gasteiger partial charge in [0, 0.05) is 0 Å². The molecule has 0 atom stereocenters. The van der Waals surface area contributed by atoms with Crippen LogP contribution in [0.1, 0.15) is 50.5 Å². The van der Waals surface area contributed by atoms with E-state index in [0.717, 1.165) is 0 Å². The summed E-state index contributed by atoms with van der Waals surface area (Å²) >= 11 is 0. The first-order chi connectivity index (χ1) is 9.23. The summed E-state index contributed by atoms with van der Waals surface area (Å²) in [6, 6.07) is 5.06. The number of carbonyl (C=O) groups is 1. The minimum atomic E-state index is -0.568. The van der Waals surface area contributed by atoms with E-state index in [0.29, 0.717) is 29.4 Å². The highest BCUT2D eigenvalue weighted by Crippen LogP contribution is 2.24. The van der Waals surface area contributed by atoms with Crippen LogP contribution in [0, 0.1) is 5.92 Å². The molecule has 0 saturated heterocycles. The summed E-state index contributed by atoms with van der Waals surface area (Å²) in [7, 11) is 0. The van der Waals surface area contributed by atoms with Gasteiger partial charge in [0.15, 0.2) is 0 Å². The third-order valence-corrected chi connectivity index (χ3v) is 2.42. The first-order valence-corrected chi connectivity index (χ1v) is 6.83. The topological polar surface area (TPSA) is 55.8 Å². The third kappa shape index (κ3) is 5.21. The molecule has 112 valence electrons. The summed E-state index contributed by atoms with van der Waals surface area (Å²) in [4.78, 5) is 12.2. The Hall–Kier alpha value is -1.55. The van der Waals surface area contributed by atoms with Crippen molar-refractivity contribution in [1.82, 2.24) is 0 Å². The van der Waals surface area contributed by atoms with Crippen LogP contribution in [-0.4, -0.2) is 23.3 Å². The predicted molar refractivity (Wildman–Crippen MR) is 77.9 cm³/mol. The predicted octanol–water partition coefficient (Wildman–Crippen LogP) is 3.17. The minimum absolute atomic E-state index is 0.125. The van der Waals surface area contributed by atoms with Crippen LogP contribution in [-0.2, 0) is 11.3 Å². The Morgan fingerprint density at radius 2 is 1.95 bits per heavy atom. The summed E-state index contributed by atoms with van der Waals surface area (Å²) in [5, 5.41) is 9.19. The maximum atomic E-state index is 12.2. The molecule has 20 heavy (non-hydrogen) atoms. The highest BCUT2D eigenvalue weighted by molar-refractivity contribution is 5.93. The number of carbonyl (C=O) groups excluding carboxylic acids is 1. The molecule has 1 aromatic rings. The zero-order chi connectivity index (χ0) is 15.3. The summed E-state index contributed by atoms with van der Waals surface area (Å²) in [6.07, 6.45) is 0. The molecule has 0 radical (unpaired) electrons. The van der Waals surface area contributed by atoms with Crippen LogP contribution in [0.25, 0.3) is 0 Å². The second-order valence-corrected chi connectivity index (χ2v) is 6.20.